The second-order valence-electron chi connectivity index (χ2n) is 17.3. The van der Waals surface area contributed by atoms with Gasteiger partial charge in [-0.3, -0.25) is 0 Å². The van der Waals surface area contributed by atoms with E-state index in [1.807, 2.05) is 72.8 Å². The summed E-state index contributed by atoms with van der Waals surface area (Å²) in [6.07, 6.45) is 27.5. The van der Waals surface area contributed by atoms with Gasteiger partial charge < -0.3 is 4.90 Å². The summed E-state index contributed by atoms with van der Waals surface area (Å²) >= 11 is 0. The Morgan fingerprint density at radius 2 is 0.477 bits per heavy atom. The molecule has 2 nitrogen and oxygen atoms in total. The first-order valence-electron chi connectivity index (χ1n) is 24.9. The third-order valence-corrected chi connectivity index (χ3v) is 11.9. The largest absolute Gasteiger partial charge is 0.372 e. The highest BCUT2D eigenvalue weighted by atomic mass is 15.1. The lowest BCUT2D eigenvalue weighted by atomic mass is 10.1. The van der Waals surface area contributed by atoms with Gasteiger partial charge in [0.2, 0.25) is 0 Å². The van der Waals surface area contributed by atoms with Gasteiger partial charge in [0.1, 0.15) is 0 Å². The van der Waals surface area contributed by atoms with E-state index in [2.05, 4.69) is 109 Å². The van der Waals surface area contributed by atoms with Crippen LogP contribution in [-0.2, 0) is 0 Å². The number of nitriles is 1. The average molecular weight is 855 g/mol. The zero-order chi connectivity index (χ0) is 45.4. The first kappa shape index (κ1) is 49.6. The van der Waals surface area contributed by atoms with Crippen LogP contribution in [0.15, 0.2) is 121 Å². The Morgan fingerprint density at radius 3 is 0.708 bits per heavy atom. The van der Waals surface area contributed by atoms with Crippen LogP contribution in [0.1, 0.15) is 192 Å². The van der Waals surface area contributed by atoms with E-state index in [0.717, 1.165) is 57.6 Å². The Morgan fingerprint density at radius 1 is 0.277 bits per heavy atom. The van der Waals surface area contributed by atoms with E-state index in [4.69, 9.17) is 5.26 Å². The standard InChI is InChI=1S/C63H70N2/c1-3-5-7-9-11-13-15-17-19-21-51-65(52-22-20-18-16-14-12-10-8-6-4-2)63-49-47-61(48-50-63)42-41-59-37-35-57(36-38-59)30-29-55-25-23-54(24-26-55)27-28-56-31-33-58(34-32-56)39-40-60-43-45-62(53-64)46-44-60/h23-26,31-38,43-50H,3-22,51-52H2,1-2H3. The van der Waals surface area contributed by atoms with E-state index >= 15 is 0 Å². The number of unbranched alkanes of at least 4 members (excludes halogenated alkanes) is 18. The van der Waals surface area contributed by atoms with Gasteiger partial charge in [-0.15, -0.1) is 0 Å². The van der Waals surface area contributed by atoms with Crippen molar-refractivity contribution in [3.63, 3.8) is 0 Å². The molecular formula is C63H70N2. The van der Waals surface area contributed by atoms with Crippen molar-refractivity contribution >= 4 is 5.69 Å². The predicted octanol–water partition coefficient (Wildman–Crippen LogP) is 15.8. The van der Waals surface area contributed by atoms with Crippen LogP contribution in [0.5, 0.6) is 0 Å². The Kier molecular flexibility index (Phi) is 23.4. The first-order chi connectivity index (χ1) is 32.1. The molecule has 0 atom stereocenters. The molecule has 0 radical (unpaired) electrons. The molecule has 0 N–H and O–H groups in total. The number of rotatable bonds is 23. The minimum absolute atomic E-state index is 0.631. The molecule has 332 valence electrons. The Bertz CT molecular complexity index is 2380. The summed E-state index contributed by atoms with van der Waals surface area (Å²) in [5, 5.41) is 8.97. The van der Waals surface area contributed by atoms with Crippen molar-refractivity contribution in [2.75, 3.05) is 18.0 Å². The molecule has 65 heavy (non-hydrogen) atoms. The summed E-state index contributed by atoms with van der Waals surface area (Å²) in [5.74, 6) is 26.1. The summed E-state index contributed by atoms with van der Waals surface area (Å²) < 4.78 is 0. The second kappa shape index (κ2) is 30.7. The molecule has 0 saturated heterocycles. The van der Waals surface area contributed by atoms with Gasteiger partial charge in [0.25, 0.3) is 0 Å². The van der Waals surface area contributed by atoms with E-state index < -0.39 is 0 Å². The minimum atomic E-state index is 0.631. The van der Waals surface area contributed by atoms with Crippen LogP contribution in [0.2, 0.25) is 0 Å². The number of hydrogen-bond donors (Lipinski definition) is 0. The normalized spacial score (nSPS) is 10.2. The fourth-order valence-corrected chi connectivity index (χ4v) is 7.82. The van der Waals surface area contributed by atoms with Crippen LogP contribution in [0, 0.1) is 58.7 Å². The maximum atomic E-state index is 8.97. The van der Waals surface area contributed by atoms with E-state index in [9.17, 15) is 0 Å². The summed E-state index contributed by atoms with van der Waals surface area (Å²) in [5.41, 5.74) is 9.54. The predicted molar refractivity (Wildman–Crippen MR) is 277 cm³/mol. The maximum Gasteiger partial charge on any atom is 0.0991 e. The van der Waals surface area contributed by atoms with Crippen molar-refractivity contribution in [3.05, 3.63) is 171 Å². The first-order valence-corrected chi connectivity index (χ1v) is 24.9. The Balaban J connectivity index is 1.08. The molecular weight excluding hydrogens is 785 g/mol. The third kappa shape index (κ3) is 20.3. The van der Waals surface area contributed by atoms with E-state index in [-0.39, 0.29) is 0 Å². The topological polar surface area (TPSA) is 27.0 Å². The zero-order valence-electron chi connectivity index (χ0n) is 39.5. The summed E-state index contributed by atoms with van der Waals surface area (Å²) in [6.45, 7) is 6.88. The fourth-order valence-electron chi connectivity index (χ4n) is 7.82. The molecule has 5 aromatic carbocycles. The molecule has 0 spiro atoms. The monoisotopic (exact) mass is 855 g/mol. The van der Waals surface area contributed by atoms with Gasteiger partial charge in [-0.25, -0.2) is 0 Å². The lowest BCUT2D eigenvalue weighted by molar-refractivity contribution is 0.543. The van der Waals surface area contributed by atoms with Gasteiger partial charge in [0.15, 0.2) is 0 Å². The van der Waals surface area contributed by atoms with E-state index in [0.29, 0.717) is 5.56 Å². The van der Waals surface area contributed by atoms with Gasteiger partial charge >= 0.3 is 0 Å². The molecule has 0 bridgehead atoms. The Hall–Kier alpha value is -6.37. The van der Waals surface area contributed by atoms with Crippen molar-refractivity contribution in [3.8, 4) is 53.4 Å². The highest BCUT2D eigenvalue weighted by molar-refractivity contribution is 5.54. The lowest BCUT2D eigenvalue weighted by Crippen LogP contribution is -2.25. The molecule has 5 rings (SSSR count). The SMILES string of the molecule is CCCCCCCCCCCCN(CCCCCCCCCCCC)c1ccc(C#Cc2ccc(C#Cc3ccc(C#Cc4ccc(C#Cc5ccc(C#N)cc5)cc4)cc3)cc2)cc1. The van der Waals surface area contributed by atoms with Gasteiger partial charge in [-0.1, -0.05) is 177 Å². The molecule has 0 aliphatic carbocycles. The molecule has 0 aromatic heterocycles. The molecule has 0 saturated carbocycles. The van der Waals surface area contributed by atoms with Crippen LogP contribution in [0.3, 0.4) is 0 Å². The molecule has 0 fully saturated rings. The number of anilines is 1. The molecule has 2 heteroatoms. The molecule has 0 aliphatic rings. The fraction of sp³-hybridized carbons (Fsp3) is 0.381. The van der Waals surface area contributed by atoms with Crippen LogP contribution >= 0.6 is 0 Å². The van der Waals surface area contributed by atoms with Crippen molar-refractivity contribution in [2.24, 2.45) is 0 Å². The molecule has 0 aliphatic heterocycles. The quantitative estimate of drug-likeness (QED) is 0.0483. The van der Waals surface area contributed by atoms with Gasteiger partial charge in [-0.05, 0) is 134 Å². The smallest absolute Gasteiger partial charge is 0.0991 e. The zero-order valence-corrected chi connectivity index (χ0v) is 39.5. The van der Waals surface area contributed by atoms with Gasteiger partial charge in [0.05, 0.1) is 11.6 Å². The van der Waals surface area contributed by atoms with Crippen molar-refractivity contribution in [1.82, 2.24) is 0 Å². The van der Waals surface area contributed by atoms with Gasteiger partial charge in [-0.2, -0.15) is 5.26 Å². The number of nitrogens with zero attached hydrogens (tertiary/aromatic N) is 2. The second-order valence-corrected chi connectivity index (χ2v) is 17.3. The minimum Gasteiger partial charge on any atom is -0.372 e. The molecule has 5 aromatic rings. The maximum absolute atomic E-state index is 8.97. The summed E-state index contributed by atoms with van der Waals surface area (Å²) in [6, 6.07) is 42.5. The average Bonchev–Trinajstić information content (AvgIpc) is 3.35. The van der Waals surface area contributed by atoms with Crippen molar-refractivity contribution < 1.29 is 0 Å². The molecule has 0 heterocycles. The molecule has 0 unspecified atom stereocenters. The Labute approximate surface area is 394 Å². The summed E-state index contributed by atoms with van der Waals surface area (Å²) in [4.78, 5) is 2.63. The number of benzene rings is 5. The van der Waals surface area contributed by atoms with Crippen LogP contribution < -0.4 is 4.90 Å². The van der Waals surface area contributed by atoms with Gasteiger partial charge in [0, 0.05) is 63.3 Å². The van der Waals surface area contributed by atoms with Crippen LogP contribution in [0.4, 0.5) is 5.69 Å². The van der Waals surface area contributed by atoms with Crippen LogP contribution in [0.25, 0.3) is 0 Å². The van der Waals surface area contributed by atoms with Crippen molar-refractivity contribution in [2.45, 2.75) is 142 Å². The van der Waals surface area contributed by atoms with E-state index in [1.54, 1.807) is 12.1 Å². The summed E-state index contributed by atoms with van der Waals surface area (Å²) in [7, 11) is 0. The highest BCUT2D eigenvalue weighted by Gasteiger charge is 2.07. The highest BCUT2D eigenvalue weighted by Crippen LogP contribution is 2.20. The molecule has 0 amide bonds. The lowest BCUT2D eigenvalue weighted by Gasteiger charge is -2.25. The third-order valence-electron chi connectivity index (χ3n) is 11.9. The van der Waals surface area contributed by atoms with Crippen molar-refractivity contribution in [1.29, 1.82) is 5.26 Å². The number of hydrogen-bond acceptors (Lipinski definition) is 2. The van der Waals surface area contributed by atoms with E-state index in [1.165, 1.54) is 134 Å². The van der Waals surface area contributed by atoms with Crippen LogP contribution in [-0.4, -0.2) is 13.1 Å².